The maximum atomic E-state index is 11.9. The highest BCUT2D eigenvalue weighted by atomic mass is 32.2. The number of rotatable bonds is 4. The number of aromatic nitrogens is 2. The predicted octanol–water partition coefficient (Wildman–Crippen LogP) is 0.801. The third kappa shape index (κ3) is 2.38. The first-order valence-electron chi connectivity index (χ1n) is 4.98. The standard InChI is InChI=1S/C10H12N4O3S/c1-17-10-3-2-7(4-9(10)11)14-18(15,16)8-5-12-13-6-8/h2-6,14H,11H2,1H3,(H,12,13). The lowest BCUT2D eigenvalue weighted by molar-refractivity contribution is 0.417. The third-order valence-electron chi connectivity index (χ3n) is 2.27. The van der Waals surface area contributed by atoms with Crippen LogP contribution < -0.4 is 15.2 Å². The number of nitrogens with two attached hydrogens (primary N) is 1. The van der Waals surface area contributed by atoms with Crippen LogP contribution in [0.2, 0.25) is 0 Å². The molecule has 18 heavy (non-hydrogen) atoms. The van der Waals surface area contributed by atoms with Crippen LogP contribution in [0.1, 0.15) is 0 Å². The summed E-state index contributed by atoms with van der Waals surface area (Å²) in [7, 11) is -2.16. The van der Waals surface area contributed by atoms with Gasteiger partial charge in [-0.05, 0) is 18.2 Å². The zero-order chi connectivity index (χ0) is 13.2. The largest absolute Gasteiger partial charge is 0.495 e. The summed E-state index contributed by atoms with van der Waals surface area (Å²) in [5, 5.41) is 6.02. The molecule has 0 aliphatic carbocycles. The molecule has 4 N–H and O–H groups in total. The maximum Gasteiger partial charge on any atom is 0.265 e. The number of nitrogens with one attached hydrogen (secondary N) is 2. The molecular formula is C10H12N4O3S. The van der Waals surface area contributed by atoms with E-state index in [4.69, 9.17) is 10.5 Å². The van der Waals surface area contributed by atoms with Gasteiger partial charge in [0.05, 0.1) is 24.7 Å². The molecule has 0 atom stereocenters. The van der Waals surface area contributed by atoms with Crippen LogP contribution in [0.3, 0.4) is 0 Å². The number of sulfonamides is 1. The SMILES string of the molecule is COc1ccc(NS(=O)(=O)c2cn[nH]c2)cc1N. The molecule has 1 heterocycles. The van der Waals surface area contributed by atoms with Crippen LogP contribution in [0.5, 0.6) is 5.75 Å². The van der Waals surface area contributed by atoms with Crippen LogP contribution in [0.4, 0.5) is 11.4 Å². The molecule has 7 nitrogen and oxygen atoms in total. The van der Waals surface area contributed by atoms with Crippen LogP contribution in [-0.4, -0.2) is 25.7 Å². The van der Waals surface area contributed by atoms with Crippen LogP contribution in [0.15, 0.2) is 35.5 Å². The maximum absolute atomic E-state index is 11.9. The first-order chi connectivity index (χ1) is 8.53. The third-order valence-corrected chi connectivity index (χ3v) is 3.61. The number of methoxy groups -OCH3 is 1. The monoisotopic (exact) mass is 268 g/mol. The van der Waals surface area contributed by atoms with Crippen molar-refractivity contribution in [2.24, 2.45) is 0 Å². The molecular weight excluding hydrogens is 256 g/mol. The molecule has 0 aliphatic rings. The Kier molecular flexibility index (Phi) is 3.11. The van der Waals surface area contributed by atoms with Crippen molar-refractivity contribution in [1.29, 1.82) is 0 Å². The van der Waals surface area contributed by atoms with Gasteiger partial charge in [-0.1, -0.05) is 0 Å². The Morgan fingerprint density at radius 1 is 1.44 bits per heavy atom. The zero-order valence-corrected chi connectivity index (χ0v) is 10.4. The van der Waals surface area contributed by atoms with E-state index in [0.29, 0.717) is 17.1 Å². The van der Waals surface area contributed by atoms with Crippen molar-refractivity contribution >= 4 is 21.4 Å². The Hall–Kier alpha value is -2.22. The molecule has 0 bridgehead atoms. The van der Waals surface area contributed by atoms with E-state index < -0.39 is 10.0 Å². The van der Waals surface area contributed by atoms with Crippen molar-refractivity contribution < 1.29 is 13.2 Å². The quantitative estimate of drug-likeness (QED) is 0.710. The lowest BCUT2D eigenvalue weighted by atomic mass is 10.2. The van der Waals surface area contributed by atoms with E-state index in [-0.39, 0.29) is 4.90 Å². The molecule has 96 valence electrons. The van der Waals surface area contributed by atoms with E-state index in [1.165, 1.54) is 25.6 Å². The second kappa shape index (κ2) is 4.57. The van der Waals surface area contributed by atoms with Crippen LogP contribution in [-0.2, 0) is 10.0 Å². The topological polar surface area (TPSA) is 110 Å². The highest BCUT2D eigenvalue weighted by Gasteiger charge is 2.15. The van der Waals surface area contributed by atoms with Gasteiger partial charge in [0.25, 0.3) is 10.0 Å². The van der Waals surface area contributed by atoms with Gasteiger partial charge in [-0.3, -0.25) is 9.82 Å². The van der Waals surface area contributed by atoms with Crippen molar-refractivity contribution in [2.75, 3.05) is 17.6 Å². The van der Waals surface area contributed by atoms with E-state index >= 15 is 0 Å². The summed E-state index contributed by atoms with van der Waals surface area (Å²) in [6.45, 7) is 0. The average Bonchev–Trinajstić information content (AvgIpc) is 2.82. The highest BCUT2D eigenvalue weighted by Crippen LogP contribution is 2.25. The number of nitrogens with zero attached hydrogens (tertiary/aromatic N) is 1. The zero-order valence-electron chi connectivity index (χ0n) is 9.54. The Morgan fingerprint density at radius 2 is 2.22 bits per heavy atom. The van der Waals surface area contributed by atoms with E-state index in [0.717, 1.165) is 0 Å². The summed E-state index contributed by atoms with van der Waals surface area (Å²) in [6, 6.07) is 4.63. The van der Waals surface area contributed by atoms with Gasteiger partial charge < -0.3 is 10.5 Å². The average molecular weight is 268 g/mol. The Labute approximate surface area is 104 Å². The number of nitrogen functional groups attached to an aromatic ring is 1. The van der Waals surface area contributed by atoms with Crippen LogP contribution in [0, 0.1) is 0 Å². The molecule has 2 aromatic rings. The lowest BCUT2D eigenvalue weighted by Gasteiger charge is -2.09. The summed E-state index contributed by atoms with van der Waals surface area (Å²) in [4.78, 5) is 0.0527. The van der Waals surface area contributed by atoms with Crippen molar-refractivity contribution in [3.63, 3.8) is 0 Å². The molecule has 0 spiro atoms. The smallest absolute Gasteiger partial charge is 0.265 e. The van der Waals surface area contributed by atoms with Crippen molar-refractivity contribution in [3.05, 3.63) is 30.6 Å². The first-order valence-corrected chi connectivity index (χ1v) is 6.46. The van der Waals surface area contributed by atoms with Gasteiger partial charge in [-0.2, -0.15) is 5.10 Å². The molecule has 0 saturated heterocycles. The fourth-order valence-corrected chi connectivity index (χ4v) is 2.35. The van der Waals surface area contributed by atoms with Gasteiger partial charge in [0.15, 0.2) is 0 Å². The van der Waals surface area contributed by atoms with Gasteiger partial charge in [-0.25, -0.2) is 8.42 Å². The Balaban J connectivity index is 2.27. The molecule has 1 aromatic carbocycles. The number of ether oxygens (including phenoxy) is 1. The van der Waals surface area contributed by atoms with Gasteiger partial charge >= 0.3 is 0 Å². The summed E-state index contributed by atoms with van der Waals surface area (Å²) in [5.74, 6) is 0.487. The summed E-state index contributed by atoms with van der Waals surface area (Å²) in [6.07, 6.45) is 2.50. The van der Waals surface area contributed by atoms with E-state index in [2.05, 4.69) is 14.9 Å². The second-order valence-corrected chi connectivity index (χ2v) is 5.18. The van der Waals surface area contributed by atoms with Gasteiger partial charge in [0.2, 0.25) is 0 Å². The highest BCUT2D eigenvalue weighted by molar-refractivity contribution is 7.92. The normalized spacial score (nSPS) is 11.2. The fourth-order valence-electron chi connectivity index (χ4n) is 1.40. The van der Waals surface area contributed by atoms with E-state index in [9.17, 15) is 8.42 Å². The lowest BCUT2D eigenvalue weighted by Crippen LogP contribution is -2.12. The summed E-state index contributed by atoms with van der Waals surface area (Å²) < 4.78 is 31.1. The number of hydrogen-bond donors (Lipinski definition) is 3. The molecule has 0 aliphatic heterocycles. The van der Waals surface area contributed by atoms with Crippen LogP contribution in [0.25, 0.3) is 0 Å². The Morgan fingerprint density at radius 3 is 2.78 bits per heavy atom. The van der Waals surface area contributed by atoms with Crippen molar-refractivity contribution in [3.8, 4) is 5.75 Å². The molecule has 2 rings (SSSR count). The molecule has 0 unspecified atom stereocenters. The predicted molar refractivity (Wildman–Crippen MR) is 66.8 cm³/mol. The summed E-state index contributed by atoms with van der Waals surface area (Å²) >= 11 is 0. The van der Waals surface area contributed by atoms with Gasteiger partial charge in [-0.15, -0.1) is 0 Å². The minimum atomic E-state index is -3.65. The van der Waals surface area contributed by atoms with E-state index in [1.807, 2.05) is 0 Å². The first kappa shape index (κ1) is 12.2. The van der Waals surface area contributed by atoms with E-state index in [1.54, 1.807) is 12.1 Å². The number of anilines is 2. The number of benzene rings is 1. The summed E-state index contributed by atoms with van der Waals surface area (Å²) in [5.41, 5.74) is 6.40. The van der Waals surface area contributed by atoms with Gasteiger partial charge in [0.1, 0.15) is 10.6 Å². The van der Waals surface area contributed by atoms with Crippen LogP contribution >= 0.6 is 0 Å². The van der Waals surface area contributed by atoms with Crippen molar-refractivity contribution in [1.82, 2.24) is 10.2 Å². The molecule has 0 saturated carbocycles. The Bertz CT molecular complexity index is 637. The molecule has 8 heteroatoms. The molecule has 1 aromatic heterocycles. The number of H-pyrrole nitrogens is 1. The molecule has 0 amide bonds. The minimum absolute atomic E-state index is 0.0527. The number of hydrogen-bond acceptors (Lipinski definition) is 5. The molecule has 0 radical (unpaired) electrons. The second-order valence-electron chi connectivity index (χ2n) is 3.50. The minimum Gasteiger partial charge on any atom is -0.495 e. The fraction of sp³-hybridized carbons (Fsp3) is 0.100. The van der Waals surface area contributed by atoms with Crippen molar-refractivity contribution in [2.45, 2.75) is 4.90 Å². The molecule has 0 fully saturated rings. The number of aromatic amines is 1. The van der Waals surface area contributed by atoms with Gasteiger partial charge in [0, 0.05) is 6.20 Å².